The van der Waals surface area contributed by atoms with Gasteiger partial charge >= 0.3 is 0 Å². The lowest BCUT2D eigenvalue weighted by Crippen LogP contribution is -2.07. The summed E-state index contributed by atoms with van der Waals surface area (Å²) in [4.78, 5) is 10.6. The molecule has 0 aromatic heterocycles. The molecule has 0 saturated carbocycles. The van der Waals surface area contributed by atoms with Crippen molar-refractivity contribution in [3.05, 3.63) is 58.1 Å². The van der Waals surface area contributed by atoms with E-state index in [4.69, 9.17) is 4.74 Å². The van der Waals surface area contributed by atoms with E-state index in [0.717, 1.165) is 5.56 Å². The summed E-state index contributed by atoms with van der Waals surface area (Å²) in [6.45, 7) is 0.540. The molecule has 0 atom stereocenters. The zero-order valence-electron chi connectivity index (χ0n) is 11.6. The Morgan fingerprint density at radius 2 is 1.95 bits per heavy atom. The molecule has 6 nitrogen and oxygen atoms in total. The molecule has 0 fully saturated rings. The SMILES string of the molecule is COc1ccc([N+](=O)[O-])c(NCCc2ccc(O)cc2)c1. The van der Waals surface area contributed by atoms with E-state index in [-0.39, 0.29) is 11.4 Å². The van der Waals surface area contributed by atoms with Crippen molar-refractivity contribution in [1.82, 2.24) is 0 Å². The Balaban J connectivity index is 2.04. The van der Waals surface area contributed by atoms with Crippen LogP contribution in [0.5, 0.6) is 11.5 Å². The van der Waals surface area contributed by atoms with Gasteiger partial charge in [0, 0.05) is 18.7 Å². The van der Waals surface area contributed by atoms with Gasteiger partial charge in [-0.2, -0.15) is 0 Å². The zero-order valence-corrected chi connectivity index (χ0v) is 11.6. The van der Waals surface area contributed by atoms with Crippen LogP contribution in [0.4, 0.5) is 11.4 Å². The first kappa shape index (κ1) is 14.6. The molecule has 0 aliphatic carbocycles. The van der Waals surface area contributed by atoms with Gasteiger partial charge in [0.2, 0.25) is 0 Å². The predicted octanol–water partition coefficient (Wildman–Crippen LogP) is 2.96. The largest absolute Gasteiger partial charge is 0.508 e. The van der Waals surface area contributed by atoms with E-state index in [1.807, 2.05) is 12.1 Å². The van der Waals surface area contributed by atoms with Gasteiger partial charge in [0.25, 0.3) is 5.69 Å². The summed E-state index contributed by atoms with van der Waals surface area (Å²) < 4.78 is 5.08. The highest BCUT2D eigenvalue weighted by atomic mass is 16.6. The lowest BCUT2D eigenvalue weighted by molar-refractivity contribution is -0.384. The van der Waals surface area contributed by atoms with Crippen LogP contribution in [-0.2, 0) is 6.42 Å². The molecule has 2 aromatic rings. The number of phenols is 1. The number of aromatic hydroxyl groups is 1. The average molecular weight is 288 g/mol. The lowest BCUT2D eigenvalue weighted by Gasteiger charge is -2.09. The molecule has 0 aliphatic heterocycles. The first-order chi connectivity index (χ1) is 10.1. The smallest absolute Gasteiger partial charge is 0.292 e. The first-order valence-corrected chi connectivity index (χ1v) is 6.44. The summed E-state index contributed by atoms with van der Waals surface area (Å²) in [7, 11) is 1.52. The lowest BCUT2D eigenvalue weighted by atomic mass is 10.1. The fourth-order valence-electron chi connectivity index (χ4n) is 1.95. The van der Waals surface area contributed by atoms with E-state index in [2.05, 4.69) is 5.32 Å². The average Bonchev–Trinajstić information content (AvgIpc) is 2.49. The molecular formula is C15H16N2O4. The van der Waals surface area contributed by atoms with Gasteiger partial charge in [0.15, 0.2) is 0 Å². The summed E-state index contributed by atoms with van der Waals surface area (Å²) in [5, 5.41) is 23.2. The summed E-state index contributed by atoms with van der Waals surface area (Å²) in [6.07, 6.45) is 0.689. The van der Waals surface area contributed by atoms with Crippen molar-refractivity contribution < 1.29 is 14.8 Å². The molecule has 0 heterocycles. The van der Waals surface area contributed by atoms with E-state index in [1.165, 1.54) is 13.2 Å². The highest BCUT2D eigenvalue weighted by Crippen LogP contribution is 2.28. The van der Waals surface area contributed by atoms with Gasteiger partial charge in [0.05, 0.1) is 12.0 Å². The summed E-state index contributed by atoms with van der Waals surface area (Å²) in [5.74, 6) is 0.780. The van der Waals surface area contributed by atoms with Crippen LogP contribution in [0.25, 0.3) is 0 Å². The maximum absolute atomic E-state index is 11.0. The number of ether oxygens (including phenoxy) is 1. The number of nitrogens with zero attached hydrogens (tertiary/aromatic N) is 1. The van der Waals surface area contributed by atoms with Gasteiger partial charge in [-0.25, -0.2) is 0 Å². The quantitative estimate of drug-likeness (QED) is 0.630. The van der Waals surface area contributed by atoms with E-state index < -0.39 is 4.92 Å². The minimum absolute atomic E-state index is 0.0153. The number of nitro groups is 1. The van der Waals surface area contributed by atoms with Crippen LogP contribution < -0.4 is 10.1 Å². The Labute approximate surface area is 122 Å². The van der Waals surface area contributed by atoms with Gasteiger partial charge in [-0.1, -0.05) is 12.1 Å². The van der Waals surface area contributed by atoms with Crippen LogP contribution in [0.2, 0.25) is 0 Å². The second-order valence-corrected chi connectivity index (χ2v) is 4.48. The third-order valence-corrected chi connectivity index (χ3v) is 3.07. The molecule has 0 saturated heterocycles. The standard InChI is InChI=1S/C15H16N2O4/c1-21-13-6-7-15(17(19)20)14(10-13)16-9-8-11-2-4-12(18)5-3-11/h2-7,10,16,18H,8-9H2,1H3. The number of benzene rings is 2. The molecule has 110 valence electrons. The Kier molecular flexibility index (Phi) is 4.61. The van der Waals surface area contributed by atoms with Gasteiger partial charge in [-0.15, -0.1) is 0 Å². The molecule has 6 heteroatoms. The van der Waals surface area contributed by atoms with Crippen LogP contribution >= 0.6 is 0 Å². The molecule has 0 radical (unpaired) electrons. The Hall–Kier alpha value is -2.76. The van der Waals surface area contributed by atoms with Gasteiger partial charge in [0.1, 0.15) is 17.2 Å². The number of rotatable bonds is 6. The molecular weight excluding hydrogens is 272 g/mol. The number of hydrogen-bond acceptors (Lipinski definition) is 5. The Bertz CT molecular complexity index is 626. The van der Waals surface area contributed by atoms with E-state index in [1.54, 1.807) is 24.3 Å². The van der Waals surface area contributed by atoms with Crippen LogP contribution in [0.1, 0.15) is 5.56 Å². The fraction of sp³-hybridized carbons (Fsp3) is 0.200. The molecule has 2 N–H and O–H groups in total. The van der Waals surface area contributed by atoms with Crippen molar-refractivity contribution >= 4 is 11.4 Å². The summed E-state index contributed by atoms with van der Waals surface area (Å²) >= 11 is 0. The Morgan fingerprint density at radius 3 is 2.57 bits per heavy atom. The third-order valence-electron chi connectivity index (χ3n) is 3.07. The predicted molar refractivity (Wildman–Crippen MR) is 79.9 cm³/mol. The van der Waals surface area contributed by atoms with Crippen molar-refractivity contribution in [3.63, 3.8) is 0 Å². The third kappa shape index (κ3) is 3.85. The van der Waals surface area contributed by atoms with Crippen molar-refractivity contribution in [2.75, 3.05) is 19.0 Å². The Morgan fingerprint density at radius 1 is 1.24 bits per heavy atom. The van der Waals surface area contributed by atoms with Gasteiger partial charge < -0.3 is 15.2 Å². The number of phenolic OH excluding ortho intramolecular Hbond substituents is 1. The molecule has 0 aliphatic rings. The van der Waals surface area contributed by atoms with Crippen LogP contribution in [-0.4, -0.2) is 23.7 Å². The maximum Gasteiger partial charge on any atom is 0.292 e. The highest BCUT2D eigenvalue weighted by Gasteiger charge is 2.14. The normalized spacial score (nSPS) is 10.1. The second-order valence-electron chi connectivity index (χ2n) is 4.48. The number of anilines is 1. The number of nitro benzene ring substituents is 1. The van der Waals surface area contributed by atoms with E-state index in [9.17, 15) is 15.2 Å². The van der Waals surface area contributed by atoms with Crippen LogP contribution in [0.3, 0.4) is 0 Å². The number of nitrogens with one attached hydrogen (secondary N) is 1. The molecule has 0 spiro atoms. The summed E-state index contributed by atoms with van der Waals surface area (Å²) in [5.41, 5.74) is 1.48. The number of methoxy groups -OCH3 is 1. The molecule has 0 bridgehead atoms. The number of hydrogen-bond donors (Lipinski definition) is 2. The molecule has 0 amide bonds. The van der Waals surface area contributed by atoms with Crippen LogP contribution in [0.15, 0.2) is 42.5 Å². The molecule has 2 rings (SSSR count). The summed E-state index contributed by atoms with van der Waals surface area (Å²) in [6, 6.07) is 11.4. The topological polar surface area (TPSA) is 84.6 Å². The first-order valence-electron chi connectivity index (χ1n) is 6.44. The van der Waals surface area contributed by atoms with E-state index in [0.29, 0.717) is 24.4 Å². The molecule has 2 aromatic carbocycles. The molecule has 0 unspecified atom stereocenters. The maximum atomic E-state index is 11.0. The van der Waals surface area contributed by atoms with Crippen molar-refractivity contribution in [2.45, 2.75) is 6.42 Å². The second kappa shape index (κ2) is 6.60. The monoisotopic (exact) mass is 288 g/mol. The van der Waals surface area contributed by atoms with Gasteiger partial charge in [-0.05, 0) is 30.2 Å². The van der Waals surface area contributed by atoms with Crippen molar-refractivity contribution in [2.24, 2.45) is 0 Å². The van der Waals surface area contributed by atoms with Gasteiger partial charge in [-0.3, -0.25) is 10.1 Å². The minimum atomic E-state index is -0.428. The fourth-order valence-corrected chi connectivity index (χ4v) is 1.95. The van der Waals surface area contributed by atoms with Crippen LogP contribution in [0, 0.1) is 10.1 Å². The van der Waals surface area contributed by atoms with Crippen molar-refractivity contribution in [1.29, 1.82) is 0 Å². The molecule has 21 heavy (non-hydrogen) atoms. The minimum Gasteiger partial charge on any atom is -0.508 e. The van der Waals surface area contributed by atoms with Crippen molar-refractivity contribution in [3.8, 4) is 11.5 Å². The zero-order chi connectivity index (χ0) is 15.2. The highest BCUT2D eigenvalue weighted by molar-refractivity contribution is 5.64. The van der Waals surface area contributed by atoms with E-state index >= 15 is 0 Å².